The van der Waals surface area contributed by atoms with E-state index in [-0.39, 0.29) is 0 Å². The Morgan fingerprint density at radius 1 is 1.10 bits per heavy atom. The maximum absolute atomic E-state index is 5.54. The van der Waals surface area contributed by atoms with Gasteiger partial charge in [0.1, 0.15) is 11.5 Å². The molecule has 1 unspecified atom stereocenters. The molecule has 0 aliphatic carbocycles. The summed E-state index contributed by atoms with van der Waals surface area (Å²) in [6.07, 6.45) is 3.53. The smallest absolute Gasteiger partial charge is 0.122 e. The van der Waals surface area contributed by atoms with Crippen LogP contribution >= 0.6 is 0 Å². The van der Waals surface area contributed by atoms with Gasteiger partial charge in [-0.15, -0.1) is 0 Å². The lowest BCUT2D eigenvalue weighted by Crippen LogP contribution is -2.37. The molecule has 0 spiro atoms. The van der Waals surface area contributed by atoms with Crippen molar-refractivity contribution in [2.45, 2.75) is 31.2 Å². The third-order valence-corrected chi connectivity index (χ3v) is 4.80. The highest BCUT2D eigenvalue weighted by Gasteiger charge is 2.31. The van der Waals surface area contributed by atoms with E-state index in [4.69, 9.17) is 14.2 Å². The minimum absolute atomic E-state index is 0.540. The number of ether oxygens (including phenoxy) is 3. The van der Waals surface area contributed by atoms with Crippen molar-refractivity contribution in [2.75, 3.05) is 40.5 Å². The standard InChI is InChI=1S/C17H25NO3/c1-19-15-3-4-17(20-2)16(11-15)13-5-8-18(12-13)14-6-9-21-10-7-14/h3-4,11,13-14H,5-10,12H2,1-2H3. The molecule has 0 bridgehead atoms. The number of hydrogen-bond donors (Lipinski definition) is 0. The fraction of sp³-hybridized carbons (Fsp3) is 0.647. The second-order valence-corrected chi connectivity index (χ2v) is 5.93. The average Bonchev–Trinajstić information content (AvgIpc) is 3.05. The summed E-state index contributed by atoms with van der Waals surface area (Å²) in [7, 11) is 3.46. The number of likely N-dealkylation sites (tertiary alicyclic amines) is 1. The first kappa shape index (κ1) is 14.7. The van der Waals surface area contributed by atoms with Crippen LogP contribution in [0.1, 0.15) is 30.7 Å². The van der Waals surface area contributed by atoms with Gasteiger partial charge in [-0.05, 0) is 44.0 Å². The third-order valence-electron chi connectivity index (χ3n) is 4.80. The van der Waals surface area contributed by atoms with Crippen LogP contribution in [0.5, 0.6) is 11.5 Å². The third kappa shape index (κ3) is 3.16. The molecular weight excluding hydrogens is 266 g/mol. The highest BCUT2D eigenvalue weighted by molar-refractivity contribution is 5.43. The molecule has 0 aromatic heterocycles. The molecule has 0 radical (unpaired) electrons. The lowest BCUT2D eigenvalue weighted by molar-refractivity contribution is 0.0419. The van der Waals surface area contributed by atoms with E-state index in [1.165, 1.54) is 31.4 Å². The van der Waals surface area contributed by atoms with Crippen LogP contribution in [0.4, 0.5) is 0 Å². The van der Waals surface area contributed by atoms with Crippen LogP contribution in [-0.4, -0.2) is 51.5 Å². The van der Waals surface area contributed by atoms with Crippen molar-refractivity contribution in [1.29, 1.82) is 0 Å². The summed E-state index contributed by atoms with van der Waals surface area (Å²) in [5.74, 6) is 2.43. The van der Waals surface area contributed by atoms with E-state index in [2.05, 4.69) is 11.0 Å². The van der Waals surface area contributed by atoms with E-state index in [0.717, 1.165) is 31.3 Å². The zero-order chi connectivity index (χ0) is 14.7. The largest absolute Gasteiger partial charge is 0.497 e. The Kier molecular flexibility index (Phi) is 4.66. The summed E-state index contributed by atoms with van der Waals surface area (Å²) in [6.45, 7) is 4.12. The molecule has 2 aliphatic heterocycles. The van der Waals surface area contributed by atoms with Crippen LogP contribution in [0, 0.1) is 0 Å². The number of benzene rings is 1. The fourth-order valence-electron chi connectivity index (χ4n) is 3.58. The second-order valence-electron chi connectivity index (χ2n) is 5.93. The topological polar surface area (TPSA) is 30.9 Å². The first-order valence-corrected chi connectivity index (χ1v) is 7.85. The molecule has 116 valence electrons. The molecule has 2 heterocycles. The van der Waals surface area contributed by atoms with Crippen LogP contribution in [0.15, 0.2) is 18.2 Å². The molecule has 21 heavy (non-hydrogen) atoms. The molecular formula is C17H25NO3. The summed E-state index contributed by atoms with van der Waals surface area (Å²) < 4.78 is 16.4. The number of methoxy groups -OCH3 is 2. The monoisotopic (exact) mass is 291 g/mol. The molecule has 2 aliphatic rings. The molecule has 2 fully saturated rings. The Labute approximate surface area is 127 Å². The van der Waals surface area contributed by atoms with Gasteiger partial charge in [-0.2, -0.15) is 0 Å². The Hall–Kier alpha value is -1.26. The van der Waals surface area contributed by atoms with Crippen LogP contribution in [-0.2, 0) is 4.74 Å². The highest BCUT2D eigenvalue weighted by atomic mass is 16.5. The SMILES string of the molecule is COc1ccc(OC)c(C2CCN(C3CCOCC3)C2)c1. The van der Waals surface area contributed by atoms with Crippen molar-refractivity contribution in [2.24, 2.45) is 0 Å². The Bertz CT molecular complexity index is 471. The lowest BCUT2D eigenvalue weighted by atomic mass is 9.97. The molecule has 0 N–H and O–H groups in total. The van der Waals surface area contributed by atoms with Crippen molar-refractivity contribution in [3.05, 3.63) is 23.8 Å². The van der Waals surface area contributed by atoms with Gasteiger partial charge in [0, 0.05) is 37.3 Å². The molecule has 1 aromatic carbocycles. The fourth-order valence-corrected chi connectivity index (χ4v) is 3.58. The second kappa shape index (κ2) is 6.67. The normalized spacial score (nSPS) is 24.2. The van der Waals surface area contributed by atoms with E-state index in [9.17, 15) is 0 Å². The summed E-state index contributed by atoms with van der Waals surface area (Å²) in [6, 6.07) is 6.82. The van der Waals surface area contributed by atoms with Crippen molar-refractivity contribution < 1.29 is 14.2 Å². The van der Waals surface area contributed by atoms with Crippen LogP contribution < -0.4 is 9.47 Å². The van der Waals surface area contributed by atoms with Gasteiger partial charge in [0.15, 0.2) is 0 Å². The molecule has 1 atom stereocenters. The van der Waals surface area contributed by atoms with Gasteiger partial charge in [0.2, 0.25) is 0 Å². The molecule has 2 saturated heterocycles. The predicted octanol–water partition coefficient (Wildman–Crippen LogP) is 2.67. The molecule has 4 nitrogen and oxygen atoms in total. The van der Waals surface area contributed by atoms with Gasteiger partial charge in [-0.25, -0.2) is 0 Å². The summed E-state index contributed by atoms with van der Waals surface area (Å²) >= 11 is 0. The molecule has 3 rings (SSSR count). The van der Waals surface area contributed by atoms with Gasteiger partial charge in [0.05, 0.1) is 14.2 Å². The van der Waals surface area contributed by atoms with Gasteiger partial charge in [0.25, 0.3) is 0 Å². The minimum atomic E-state index is 0.540. The maximum atomic E-state index is 5.54. The van der Waals surface area contributed by atoms with E-state index < -0.39 is 0 Å². The summed E-state index contributed by atoms with van der Waals surface area (Å²) in [5.41, 5.74) is 1.28. The number of hydrogen-bond acceptors (Lipinski definition) is 4. The summed E-state index contributed by atoms with van der Waals surface area (Å²) in [4.78, 5) is 2.63. The molecule has 1 aromatic rings. The summed E-state index contributed by atoms with van der Waals surface area (Å²) in [5, 5.41) is 0. The lowest BCUT2D eigenvalue weighted by Gasteiger charge is -2.31. The van der Waals surface area contributed by atoms with E-state index in [1.54, 1.807) is 14.2 Å². The Balaban J connectivity index is 1.72. The van der Waals surface area contributed by atoms with E-state index in [1.807, 2.05) is 12.1 Å². The highest BCUT2D eigenvalue weighted by Crippen LogP contribution is 2.37. The van der Waals surface area contributed by atoms with E-state index in [0.29, 0.717) is 12.0 Å². The Morgan fingerprint density at radius 3 is 2.62 bits per heavy atom. The van der Waals surface area contributed by atoms with Gasteiger partial charge in [-0.3, -0.25) is 4.90 Å². The molecule has 0 saturated carbocycles. The van der Waals surface area contributed by atoms with Crippen LogP contribution in [0.3, 0.4) is 0 Å². The minimum Gasteiger partial charge on any atom is -0.497 e. The maximum Gasteiger partial charge on any atom is 0.122 e. The zero-order valence-electron chi connectivity index (χ0n) is 13.0. The van der Waals surface area contributed by atoms with E-state index >= 15 is 0 Å². The van der Waals surface area contributed by atoms with Crippen molar-refractivity contribution in [3.63, 3.8) is 0 Å². The molecule has 4 heteroatoms. The first-order chi connectivity index (χ1) is 10.3. The van der Waals surface area contributed by atoms with Gasteiger partial charge >= 0.3 is 0 Å². The zero-order valence-corrected chi connectivity index (χ0v) is 13.0. The van der Waals surface area contributed by atoms with Crippen molar-refractivity contribution in [1.82, 2.24) is 4.90 Å². The predicted molar refractivity (Wildman–Crippen MR) is 82.3 cm³/mol. The van der Waals surface area contributed by atoms with Crippen LogP contribution in [0.25, 0.3) is 0 Å². The van der Waals surface area contributed by atoms with Crippen molar-refractivity contribution >= 4 is 0 Å². The Morgan fingerprint density at radius 2 is 1.90 bits per heavy atom. The number of nitrogens with zero attached hydrogens (tertiary/aromatic N) is 1. The molecule has 0 amide bonds. The quantitative estimate of drug-likeness (QED) is 0.853. The van der Waals surface area contributed by atoms with Crippen LogP contribution in [0.2, 0.25) is 0 Å². The van der Waals surface area contributed by atoms with Crippen molar-refractivity contribution in [3.8, 4) is 11.5 Å². The first-order valence-electron chi connectivity index (χ1n) is 7.85. The average molecular weight is 291 g/mol. The van der Waals surface area contributed by atoms with Gasteiger partial charge in [-0.1, -0.05) is 0 Å². The van der Waals surface area contributed by atoms with Gasteiger partial charge < -0.3 is 14.2 Å². The number of rotatable bonds is 4.